The largest absolute Gasteiger partial charge is 0.461 e. The number of hydrogen-bond acceptors (Lipinski definition) is 8. The lowest BCUT2D eigenvalue weighted by molar-refractivity contribution is -0.159. The van der Waals surface area contributed by atoms with Gasteiger partial charge in [0.25, 0.3) is 5.71 Å². The van der Waals surface area contributed by atoms with E-state index in [1.54, 1.807) is 17.9 Å². The highest BCUT2D eigenvalue weighted by Crippen LogP contribution is 2.08. The number of nitrogens with zero attached hydrogens (tertiary/aromatic N) is 4. The molecule has 20 heavy (non-hydrogen) atoms. The lowest BCUT2D eigenvalue weighted by atomic mass is 10.4. The van der Waals surface area contributed by atoms with E-state index in [0.29, 0.717) is 26.3 Å². The van der Waals surface area contributed by atoms with Crippen molar-refractivity contribution in [2.24, 2.45) is 5.16 Å². The summed E-state index contributed by atoms with van der Waals surface area (Å²) < 4.78 is 9.98. The first-order valence-corrected chi connectivity index (χ1v) is 6.39. The van der Waals surface area contributed by atoms with E-state index in [9.17, 15) is 4.79 Å². The van der Waals surface area contributed by atoms with Crippen molar-refractivity contribution in [2.45, 2.75) is 13.3 Å². The average Bonchev–Trinajstić information content (AvgIpc) is 2.44. The van der Waals surface area contributed by atoms with Crippen molar-refractivity contribution in [1.29, 1.82) is 5.26 Å². The normalized spacial score (nSPS) is 18.4. The van der Waals surface area contributed by atoms with Crippen molar-refractivity contribution in [2.75, 3.05) is 47.0 Å². The van der Waals surface area contributed by atoms with Gasteiger partial charge in [0, 0.05) is 13.1 Å². The molecule has 112 valence electrons. The lowest BCUT2D eigenvalue weighted by Gasteiger charge is -2.35. The number of carbonyl (C=O) groups excluding carboxylic acids is 1. The zero-order valence-corrected chi connectivity index (χ0v) is 12.0. The molecule has 0 N–H and O–H groups in total. The minimum atomic E-state index is -0.783. The van der Waals surface area contributed by atoms with Crippen LogP contribution in [0.1, 0.15) is 6.92 Å². The van der Waals surface area contributed by atoms with Crippen LogP contribution in [0, 0.1) is 11.3 Å². The number of oxime groups is 1. The molecule has 0 aliphatic carbocycles. The van der Waals surface area contributed by atoms with Gasteiger partial charge in [-0.3, -0.25) is 4.90 Å². The third kappa shape index (κ3) is 4.77. The fourth-order valence-corrected chi connectivity index (χ4v) is 1.69. The SMILES string of the molecule is CCOC(=O)/C(C#N)=N/OC(N(C)C)N1CCOCC1. The van der Waals surface area contributed by atoms with E-state index in [4.69, 9.17) is 19.6 Å². The average molecular weight is 284 g/mol. The van der Waals surface area contributed by atoms with Crippen LogP contribution < -0.4 is 0 Å². The first-order valence-electron chi connectivity index (χ1n) is 6.39. The van der Waals surface area contributed by atoms with Crippen molar-refractivity contribution < 1.29 is 19.1 Å². The second-order valence-corrected chi connectivity index (χ2v) is 4.32. The van der Waals surface area contributed by atoms with E-state index < -0.39 is 18.0 Å². The van der Waals surface area contributed by atoms with Gasteiger partial charge in [-0.05, 0) is 21.0 Å². The van der Waals surface area contributed by atoms with Gasteiger partial charge in [0.2, 0.25) is 6.35 Å². The molecule has 0 aromatic heterocycles. The Morgan fingerprint density at radius 3 is 2.65 bits per heavy atom. The Morgan fingerprint density at radius 1 is 1.50 bits per heavy atom. The van der Waals surface area contributed by atoms with Gasteiger partial charge in [0.1, 0.15) is 6.07 Å². The van der Waals surface area contributed by atoms with Crippen LogP contribution in [0.4, 0.5) is 0 Å². The maximum atomic E-state index is 11.4. The monoisotopic (exact) mass is 284 g/mol. The fourth-order valence-electron chi connectivity index (χ4n) is 1.69. The number of nitriles is 1. The van der Waals surface area contributed by atoms with Gasteiger partial charge < -0.3 is 14.3 Å². The van der Waals surface area contributed by atoms with Gasteiger partial charge in [-0.15, -0.1) is 0 Å². The molecule has 1 rings (SSSR count). The molecule has 1 unspecified atom stereocenters. The molecule has 0 amide bonds. The van der Waals surface area contributed by atoms with E-state index >= 15 is 0 Å². The van der Waals surface area contributed by atoms with Crippen LogP contribution in [-0.4, -0.2) is 74.8 Å². The predicted molar refractivity (Wildman–Crippen MR) is 70.6 cm³/mol. The molecular weight excluding hydrogens is 264 g/mol. The Bertz CT molecular complexity index is 385. The second-order valence-electron chi connectivity index (χ2n) is 4.32. The Hall–Kier alpha value is -1.69. The number of rotatable bonds is 6. The fraction of sp³-hybridized carbons (Fsp3) is 0.750. The second kappa shape index (κ2) is 8.47. The Balaban J connectivity index is 2.69. The molecule has 0 spiro atoms. The summed E-state index contributed by atoms with van der Waals surface area (Å²) in [6.07, 6.45) is -0.461. The number of carbonyl (C=O) groups is 1. The molecule has 1 heterocycles. The van der Waals surface area contributed by atoms with Gasteiger partial charge >= 0.3 is 5.97 Å². The van der Waals surface area contributed by atoms with E-state index in [1.807, 2.05) is 19.0 Å². The molecule has 1 fully saturated rings. The molecule has 8 heteroatoms. The van der Waals surface area contributed by atoms with Crippen molar-refractivity contribution in [3.05, 3.63) is 0 Å². The smallest absolute Gasteiger partial charge is 0.371 e. The summed E-state index contributed by atoms with van der Waals surface area (Å²) in [6.45, 7) is 4.45. The molecule has 0 radical (unpaired) electrons. The topological polar surface area (TPSA) is 87.4 Å². The minimum Gasteiger partial charge on any atom is -0.461 e. The van der Waals surface area contributed by atoms with Crippen LogP contribution in [0.15, 0.2) is 5.16 Å². The van der Waals surface area contributed by atoms with Crippen LogP contribution in [-0.2, 0) is 19.1 Å². The van der Waals surface area contributed by atoms with Crippen molar-refractivity contribution >= 4 is 11.7 Å². The van der Waals surface area contributed by atoms with Crippen LogP contribution in [0.3, 0.4) is 0 Å². The number of hydrogen-bond donors (Lipinski definition) is 0. The van der Waals surface area contributed by atoms with Gasteiger partial charge in [0.05, 0.1) is 19.8 Å². The molecule has 0 bridgehead atoms. The Labute approximate surface area is 118 Å². The molecule has 1 aliphatic rings. The highest BCUT2D eigenvalue weighted by atomic mass is 16.7. The van der Waals surface area contributed by atoms with Crippen LogP contribution in [0.2, 0.25) is 0 Å². The molecule has 1 saturated heterocycles. The highest BCUT2D eigenvalue weighted by Gasteiger charge is 2.25. The zero-order chi connectivity index (χ0) is 15.0. The minimum absolute atomic E-state index is 0.181. The summed E-state index contributed by atoms with van der Waals surface area (Å²) in [7, 11) is 3.65. The van der Waals surface area contributed by atoms with Crippen molar-refractivity contribution in [3.8, 4) is 6.07 Å². The number of esters is 1. The van der Waals surface area contributed by atoms with Crippen LogP contribution in [0.5, 0.6) is 0 Å². The first kappa shape index (κ1) is 16.4. The highest BCUT2D eigenvalue weighted by molar-refractivity contribution is 6.42. The summed E-state index contributed by atoms with van der Waals surface area (Å²) in [4.78, 5) is 20.6. The zero-order valence-electron chi connectivity index (χ0n) is 12.0. The van der Waals surface area contributed by atoms with Crippen LogP contribution in [0.25, 0.3) is 0 Å². The van der Waals surface area contributed by atoms with Crippen molar-refractivity contribution in [1.82, 2.24) is 9.80 Å². The number of ether oxygens (including phenoxy) is 2. The summed E-state index contributed by atoms with van der Waals surface area (Å²) in [5.74, 6) is -0.783. The Kier molecular flexibility index (Phi) is 6.93. The third-order valence-electron chi connectivity index (χ3n) is 2.61. The molecule has 1 atom stereocenters. The maximum Gasteiger partial charge on any atom is 0.371 e. The summed E-state index contributed by atoms with van der Waals surface area (Å²) in [5.41, 5.74) is -0.396. The van der Waals surface area contributed by atoms with Gasteiger partial charge in [-0.25, -0.2) is 9.69 Å². The van der Waals surface area contributed by atoms with E-state index in [-0.39, 0.29) is 6.61 Å². The standard InChI is InChI=1S/C12H20N4O4/c1-4-19-11(17)10(9-13)14-20-12(15(2)3)16-5-7-18-8-6-16/h12H,4-8H2,1-3H3/b14-10+. The third-order valence-corrected chi connectivity index (χ3v) is 2.61. The van der Waals surface area contributed by atoms with Crippen LogP contribution >= 0.6 is 0 Å². The van der Waals surface area contributed by atoms with Gasteiger partial charge in [0.15, 0.2) is 0 Å². The lowest BCUT2D eigenvalue weighted by Crippen LogP contribution is -2.51. The number of morpholine rings is 1. The van der Waals surface area contributed by atoms with Crippen molar-refractivity contribution in [3.63, 3.8) is 0 Å². The molecule has 1 aliphatic heterocycles. The summed E-state index contributed by atoms with van der Waals surface area (Å²) in [6, 6.07) is 1.67. The Morgan fingerprint density at radius 2 is 2.15 bits per heavy atom. The van der Waals surface area contributed by atoms with Gasteiger partial charge in [-0.2, -0.15) is 5.26 Å². The summed E-state index contributed by atoms with van der Waals surface area (Å²) in [5, 5.41) is 12.5. The molecule has 0 aromatic carbocycles. The van der Waals surface area contributed by atoms with E-state index in [2.05, 4.69) is 5.16 Å². The summed E-state index contributed by atoms with van der Waals surface area (Å²) >= 11 is 0. The molecule has 8 nitrogen and oxygen atoms in total. The van der Waals surface area contributed by atoms with E-state index in [0.717, 1.165) is 0 Å². The first-order chi connectivity index (χ1) is 9.60. The predicted octanol–water partition coefficient (Wildman–Crippen LogP) is -0.377. The van der Waals surface area contributed by atoms with Gasteiger partial charge in [-0.1, -0.05) is 5.16 Å². The maximum absolute atomic E-state index is 11.4. The quantitative estimate of drug-likeness (QED) is 0.284. The molecule has 0 aromatic rings. The van der Waals surface area contributed by atoms with E-state index in [1.165, 1.54) is 0 Å². The molecule has 0 saturated carbocycles. The molecular formula is C12H20N4O4.